The van der Waals surface area contributed by atoms with Crippen LogP contribution in [0.3, 0.4) is 0 Å². The van der Waals surface area contributed by atoms with E-state index in [2.05, 4.69) is 46.1 Å². The fourth-order valence-electron chi connectivity index (χ4n) is 4.36. The number of likely N-dealkylation sites (tertiary alicyclic amines) is 1. The monoisotopic (exact) mass is 392 g/mol. The molecule has 1 aromatic heterocycles. The summed E-state index contributed by atoms with van der Waals surface area (Å²) in [4.78, 5) is 26.0. The molecule has 0 N–H and O–H groups in total. The number of hydrogen-bond donors (Lipinski definition) is 0. The number of benzene rings is 1. The van der Waals surface area contributed by atoms with E-state index in [0.717, 1.165) is 38.4 Å². The number of amides is 1. The average Bonchev–Trinajstić information content (AvgIpc) is 3.58. The van der Waals surface area contributed by atoms with Crippen LogP contribution < -0.4 is 0 Å². The molecule has 0 unspecified atom stereocenters. The number of rotatable bonds is 7. The molecule has 4 rings (SSSR count). The Kier molecular flexibility index (Phi) is 6.24. The van der Waals surface area contributed by atoms with Gasteiger partial charge in [0, 0.05) is 45.0 Å². The molecule has 1 amide bonds. The Bertz CT molecular complexity index is 831. The second kappa shape index (κ2) is 9.04. The summed E-state index contributed by atoms with van der Waals surface area (Å²) in [6, 6.07) is 8.66. The Morgan fingerprint density at radius 2 is 1.93 bits per heavy atom. The maximum absolute atomic E-state index is 12.8. The zero-order valence-electron chi connectivity index (χ0n) is 17.7. The van der Waals surface area contributed by atoms with Gasteiger partial charge in [-0.15, -0.1) is 0 Å². The highest BCUT2D eigenvalue weighted by atomic mass is 16.2. The van der Waals surface area contributed by atoms with Gasteiger partial charge in [-0.2, -0.15) is 0 Å². The molecule has 29 heavy (non-hydrogen) atoms. The van der Waals surface area contributed by atoms with Crippen molar-refractivity contribution in [2.75, 3.05) is 33.2 Å². The van der Waals surface area contributed by atoms with Gasteiger partial charge in [-0.05, 0) is 62.6 Å². The van der Waals surface area contributed by atoms with Crippen molar-refractivity contribution in [3.05, 3.63) is 59.2 Å². The molecule has 0 spiro atoms. The van der Waals surface area contributed by atoms with Crippen molar-refractivity contribution in [3.63, 3.8) is 0 Å². The summed E-state index contributed by atoms with van der Waals surface area (Å²) in [5.74, 6) is 1.97. The van der Waals surface area contributed by atoms with Crippen molar-refractivity contribution in [2.24, 2.45) is 5.92 Å². The van der Waals surface area contributed by atoms with Crippen LogP contribution in [0.1, 0.15) is 58.9 Å². The van der Waals surface area contributed by atoms with Gasteiger partial charge in [-0.3, -0.25) is 4.79 Å². The van der Waals surface area contributed by atoms with Crippen molar-refractivity contribution < 1.29 is 4.79 Å². The Balaban J connectivity index is 1.27. The van der Waals surface area contributed by atoms with Crippen molar-refractivity contribution in [3.8, 4) is 0 Å². The SMILES string of the molecule is Cc1ccccc1CCN1CCC[C@@H](CN(C)C(=O)c2cnc(C3CC3)nc2)C1. The van der Waals surface area contributed by atoms with Crippen molar-refractivity contribution in [1.82, 2.24) is 19.8 Å². The normalized spacial score (nSPS) is 19.9. The maximum Gasteiger partial charge on any atom is 0.256 e. The van der Waals surface area contributed by atoms with E-state index in [-0.39, 0.29) is 5.91 Å². The van der Waals surface area contributed by atoms with E-state index in [4.69, 9.17) is 0 Å². The van der Waals surface area contributed by atoms with Crippen LogP contribution in [0.5, 0.6) is 0 Å². The molecule has 1 saturated heterocycles. The Labute approximate surface area is 174 Å². The van der Waals surface area contributed by atoms with Gasteiger partial charge >= 0.3 is 0 Å². The lowest BCUT2D eigenvalue weighted by molar-refractivity contribution is 0.0729. The summed E-state index contributed by atoms with van der Waals surface area (Å²) in [7, 11) is 1.91. The molecule has 2 aromatic rings. The molecular weight excluding hydrogens is 360 g/mol. The number of hydrogen-bond acceptors (Lipinski definition) is 4. The molecule has 0 radical (unpaired) electrons. The molecule has 0 bridgehead atoms. The number of piperidine rings is 1. The molecule has 154 valence electrons. The van der Waals surface area contributed by atoms with Gasteiger partial charge in [0.05, 0.1) is 5.56 Å². The molecule has 5 nitrogen and oxygen atoms in total. The lowest BCUT2D eigenvalue weighted by Gasteiger charge is -2.34. The van der Waals surface area contributed by atoms with Crippen molar-refractivity contribution in [1.29, 1.82) is 0 Å². The first-order valence-electron chi connectivity index (χ1n) is 10.9. The average molecular weight is 393 g/mol. The van der Waals surface area contributed by atoms with Crippen LogP contribution in [0.25, 0.3) is 0 Å². The molecular formula is C24H32N4O. The van der Waals surface area contributed by atoms with Crippen LogP contribution in [-0.2, 0) is 6.42 Å². The quantitative estimate of drug-likeness (QED) is 0.721. The van der Waals surface area contributed by atoms with E-state index in [0.29, 0.717) is 17.4 Å². The van der Waals surface area contributed by atoms with E-state index in [9.17, 15) is 4.79 Å². The van der Waals surface area contributed by atoms with Gasteiger partial charge in [-0.25, -0.2) is 9.97 Å². The zero-order valence-corrected chi connectivity index (χ0v) is 17.7. The molecule has 1 aromatic carbocycles. The number of nitrogens with zero attached hydrogens (tertiary/aromatic N) is 4. The summed E-state index contributed by atoms with van der Waals surface area (Å²) in [6.07, 6.45) is 9.25. The second-order valence-electron chi connectivity index (χ2n) is 8.78. The molecule has 1 aliphatic carbocycles. The number of carbonyl (C=O) groups excluding carboxylic acids is 1. The second-order valence-corrected chi connectivity index (χ2v) is 8.78. The minimum absolute atomic E-state index is 0.0318. The largest absolute Gasteiger partial charge is 0.341 e. The van der Waals surface area contributed by atoms with E-state index < -0.39 is 0 Å². The number of aromatic nitrogens is 2. The Hall–Kier alpha value is -2.27. The van der Waals surface area contributed by atoms with Gasteiger partial charge in [0.15, 0.2) is 0 Å². The van der Waals surface area contributed by atoms with Gasteiger partial charge in [-0.1, -0.05) is 24.3 Å². The fourth-order valence-corrected chi connectivity index (χ4v) is 4.36. The van der Waals surface area contributed by atoms with Gasteiger partial charge in [0.2, 0.25) is 0 Å². The third kappa shape index (κ3) is 5.21. The standard InChI is InChI=1S/C24H32N4O/c1-18-6-3-4-8-20(18)11-13-28-12-5-7-19(17-28)16-27(2)24(29)22-14-25-23(26-15-22)21-9-10-21/h3-4,6,8,14-15,19,21H,5,7,9-13,16-17H2,1-2H3/t19-/m0/s1. The lowest BCUT2D eigenvalue weighted by Crippen LogP contribution is -2.42. The summed E-state index contributed by atoms with van der Waals surface area (Å²) < 4.78 is 0. The fraction of sp³-hybridized carbons (Fsp3) is 0.542. The third-order valence-electron chi connectivity index (χ3n) is 6.30. The topological polar surface area (TPSA) is 49.3 Å². The van der Waals surface area contributed by atoms with E-state index in [1.807, 2.05) is 11.9 Å². The van der Waals surface area contributed by atoms with Crippen LogP contribution in [0, 0.1) is 12.8 Å². The van der Waals surface area contributed by atoms with E-state index in [1.54, 1.807) is 12.4 Å². The Morgan fingerprint density at radius 1 is 1.17 bits per heavy atom. The lowest BCUT2D eigenvalue weighted by atomic mass is 9.96. The summed E-state index contributed by atoms with van der Waals surface area (Å²) >= 11 is 0. The molecule has 1 aliphatic heterocycles. The molecule has 2 fully saturated rings. The molecule has 5 heteroatoms. The first-order valence-corrected chi connectivity index (χ1v) is 10.9. The minimum Gasteiger partial charge on any atom is -0.341 e. The first kappa shape index (κ1) is 20.0. The maximum atomic E-state index is 12.8. The van der Waals surface area contributed by atoms with Crippen molar-refractivity contribution in [2.45, 2.75) is 44.9 Å². The van der Waals surface area contributed by atoms with Crippen LogP contribution in [-0.4, -0.2) is 58.9 Å². The summed E-state index contributed by atoms with van der Waals surface area (Å²) in [6.45, 7) is 6.31. The van der Waals surface area contributed by atoms with Gasteiger partial charge in [0.25, 0.3) is 5.91 Å². The summed E-state index contributed by atoms with van der Waals surface area (Å²) in [5.41, 5.74) is 3.42. The van der Waals surface area contributed by atoms with Crippen molar-refractivity contribution >= 4 is 5.91 Å². The highest BCUT2D eigenvalue weighted by Crippen LogP contribution is 2.37. The van der Waals surface area contributed by atoms with E-state index >= 15 is 0 Å². The van der Waals surface area contributed by atoms with E-state index in [1.165, 1.54) is 36.8 Å². The van der Waals surface area contributed by atoms with Crippen LogP contribution in [0.15, 0.2) is 36.7 Å². The smallest absolute Gasteiger partial charge is 0.256 e. The minimum atomic E-state index is 0.0318. The summed E-state index contributed by atoms with van der Waals surface area (Å²) in [5, 5.41) is 0. The zero-order chi connectivity index (χ0) is 20.2. The van der Waals surface area contributed by atoms with Crippen LogP contribution in [0.4, 0.5) is 0 Å². The van der Waals surface area contributed by atoms with Crippen LogP contribution >= 0.6 is 0 Å². The van der Waals surface area contributed by atoms with Gasteiger partial charge < -0.3 is 9.80 Å². The Morgan fingerprint density at radius 3 is 2.66 bits per heavy atom. The van der Waals surface area contributed by atoms with Crippen LogP contribution in [0.2, 0.25) is 0 Å². The third-order valence-corrected chi connectivity index (χ3v) is 6.30. The predicted octanol–water partition coefficient (Wildman–Crippen LogP) is 3.69. The number of aryl methyl sites for hydroxylation is 1. The first-order chi connectivity index (χ1) is 14.1. The highest BCUT2D eigenvalue weighted by Gasteiger charge is 2.27. The van der Waals surface area contributed by atoms with Gasteiger partial charge in [0.1, 0.15) is 5.82 Å². The highest BCUT2D eigenvalue weighted by molar-refractivity contribution is 5.93. The molecule has 1 saturated carbocycles. The number of carbonyl (C=O) groups is 1. The molecule has 2 aliphatic rings. The predicted molar refractivity (Wildman–Crippen MR) is 115 cm³/mol. The molecule has 2 heterocycles. The molecule has 1 atom stereocenters.